The Balaban J connectivity index is 2.25. The Morgan fingerprint density at radius 1 is 1.38 bits per heavy atom. The van der Waals surface area contributed by atoms with Crippen LogP contribution in [-0.2, 0) is 23.2 Å². The topological polar surface area (TPSA) is 79.3 Å². The third kappa shape index (κ3) is 3.65. The van der Waals surface area contributed by atoms with Gasteiger partial charge in [0.05, 0.1) is 28.7 Å². The molecule has 5 nitrogen and oxygen atoms in total. The van der Waals surface area contributed by atoms with Gasteiger partial charge in [-0.2, -0.15) is 0 Å². The Morgan fingerprint density at radius 3 is 2.67 bits per heavy atom. The number of benzene rings is 1. The van der Waals surface area contributed by atoms with Crippen molar-refractivity contribution < 1.29 is 17.9 Å². The van der Waals surface area contributed by atoms with Gasteiger partial charge in [-0.1, -0.05) is 0 Å². The molecule has 8 heteroatoms. The first kappa shape index (κ1) is 16.0. The highest BCUT2D eigenvalue weighted by molar-refractivity contribution is 7.89. The summed E-state index contributed by atoms with van der Waals surface area (Å²) in [7, 11) is -3.78. The van der Waals surface area contributed by atoms with Crippen LogP contribution in [0.25, 0.3) is 0 Å². The molecule has 0 unspecified atom stereocenters. The number of aromatic nitrogens is 1. The molecule has 0 radical (unpaired) electrons. The van der Waals surface area contributed by atoms with Crippen molar-refractivity contribution in [3.05, 3.63) is 45.2 Å². The van der Waals surface area contributed by atoms with E-state index in [1.54, 1.807) is 5.38 Å². The second-order valence-corrected chi connectivity index (χ2v) is 7.38. The quantitative estimate of drug-likeness (QED) is 0.877. The maximum absolute atomic E-state index is 13.6. The van der Waals surface area contributed by atoms with Crippen molar-refractivity contribution in [3.63, 3.8) is 0 Å². The molecule has 0 fully saturated rings. The lowest BCUT2D eigenvalue weighted by Gasteiger charge is -2.09. The molecule has 0 aliphatic carbocycles. The molecule has 114 valence electrons. The first-order valence-electron chi connectivity index (χ1n) is 6.14. The van der Waals surface area contributed by atoms with Crippen LogP contribution < -0.4 is 4.72 Å². The summed E-state index contributed by atoms with van der Waals surface area (Å²) in [5.41, 5.74) is 0.758. The summed E-state index contributed by atoms with van der Waals surface area (Å²) in [6.07, 6.45) is 0. The fraction of sp³-hybridized carbons (Fsp3) is 0.308. The van der Waals surface area contributed by atoms with Crippen molar-refractivity contribution in [2.75, 3.05) is 0 Å². The Morgan fingerprint density at radius 2 is 2.10 bits per heavy atom. The van der Waals surface area contributed by atoms with Crippen LogP contribution in [0.5, 0.6) is 0 Å². The van der Waals surface area contributed by atoms with Crippen molar-refractivity contribution in [1.82, 2.24) is 9.71 Å². The summed E-state index contributed by atoms with van der Waals surface area (Å²) < 4.78 is 40.5. The first-order valence-corrected chi connectivity index (χ1v) is 8.50. The molecule has 1 heterocycles. The lowest BCUT2D eigenvalue weighted by Crippen LogP contribution is -2.24. The molecule has 2 N–H and O–H groups in total. The van der Waals surface area contributed by atoms with Crippen LogP contribution in [0.3, 0.4) is 0 Å². The number of aliphatic hydroxyl groups excluding tert-OH is 1. The van der Waals surface area contributed by atoms with Crippen LogP contribution in [0.1, 0.15) is 21.8 Å². The summed E-state index contributed by atoms with van der Waals surface area (Å²) in [5.74, 6) is -0.591. The standard InChI is InChI=1S/C13H15FN2O3S2/c1-8-3-12(4-10(6-17)13(8)14)21(18,19)15-5-11-7-20-9(2)16-11/h3-4,7,15,17H,5-6H2,1-2H3. The maximum atomic E-state index is 13.6. The van der Waals surface area contributed by atoms with Gasteiger partial charge in [0.25, 0.3) is 0 Å². The number of sulfonamides is 1. The molecule has 0 saturated carbocycles. The molecule has 2 rings (SSSR count). The summed E-state index contributed by atoms with van der Waals surface area (Å²) >= 11 is 1.43. The summed E-state index contributed by atoms with van der Waals surface area (Å²) in [4.78, 5) is 4.09. The van der Waals surface area contributed by atoms with E-state index in [0.717, 1.165) is 11.1 Å². The monoisotopic (exact) mass is 330 g/mol. The summed E-state index contributed by atoms with van der Waals surface area (Å²) in [6.45, 7) is 2.80. The number of aliphatic hydroxyl groups is 1. The van der Waals surface area contributed by atoms with Gasteiger partial charge < -0.3 is 5.11 Å². The number of rotatable bonds is 5. The van der Waals surface area contributed by atoms with Gasteiger partial charge in [-0.15, -0.1) is 11.3 Å². The highest BCUT2D eigenvalue weighted by Gasteiger charge is 2.18. The van der Waals surface area contributed by atoms with E-state index in [-0.39, 0.29) is 22.6 Å². The fourth-order valence-corrected chi connectivity index (χ4v) is 3.57. The molecule has 1 aromatic heterocycles. The second kappa shape index (κ2) is 6.18. The highest BCUT2D eigenvalue weighted by Crippen LogP contribution is 2.19. The largest absolute Gasteiger partial charge is 0.392 e. The van der Waals surface area contributed by atoms with E-state index in [9.17, 15) is 12.8 Å². The average Bonchev–Trinajstić information content (AvgIpc) is 2.85. The van der Waals surface area contributed by atoms with Crippen LogP contribution >= 0.6 is 11.3 Å². The lowest BCUT2D eigenvalue weighted by molar-refractivity contribution is 0.275. The zero-order chi connectivity index (χ0) is 15.6. The molecule has 0 aliphatic rings. The Hall–Kier alpha value is -1.35. The van der Waals surface area contributed by atoms with Crippen LogP contribution in [0.2, 0.25) is 0 Å². The van der Waals surface area contributed by atoms with E-state index >= 15 is 0 Å². The van der Waals surface area contributed by atoms with Crippen molar-refractivity contribution in [1.29, 1.82) is 0 Å². The molecule has 0 saturated heterocycles. The predicted molar refractivity (Wildman–Crippen MR) is 77.9 cm³/mol. The van der Waals surface area contributed by atoms with Crippen LogP contribution in [-0.4, -0.2) is 18.5 Å². The average molecular weight is 330 g/mol. The van der Waals surface area contributed by atoms with Gasteiger partial charge >= 0.3 is 0 Å². The Labute approximate surface area is 126 Å². The fourth-order valence-electron chi connectivity index (χ4n) is 1.82. The molecule has 1 aromatic carbocycles. The molecule has 0 aliphatic heterocycles. The number of halogens is 1. The van der Waals surface area contributed by atoms with Crippen molar-refractivity contribution >= 4 is 21.4 Å². The number of nitrogens with zero attached hydrogens (tertiary/aromatic N) is 1. The molecule has 21 heavy (non-hydrogen) atoms. The molecule has 0 atom stereocenters. The first-order chi connectivity index (χ1) is 9.83. The van der Waals surface area contributed by atoms with Gasteiger partial charge in [0.2, 0.25) is 10.0 Å². The SMILES string of the molecule is Cc1nc(CNS(=O)(=O)c2cc(C)c(F)c(CO)c2)cs1. The Kier molecular flexibility index (Phi) is 4.72. The van der Waals surface area contributed by atoms with Gasteiger partial charge in [0, 0.05) is 10.9 Å². The van der Waals surface area contributed by atoms with Gasteiger partial charge in [0.1, 0.15) is 5.82 Å². The number of aryl methyl sites for hydroxylation is 2. The number of thiazole rings is 1. The van der Waals surface area contributed by atoms with Crippen molar-refractivity contribution in [2.45, 2.75) is 31.9 Å². The van der Waals surface area contributed by atoms with E-state index in [1.807, 2.05) is 6.92 Å². The summed E-state index contributed by atoms with van der Waals surface area (Å²) in [6, 6.07) is 2.38. The lowest BCUT2D eigenvalue weighted by atomic mass is 10.1. The molecule has 2 aromatic rings. The third-order valence-corrected chi connectivity index (χ3v) is 5.10. The van der Waals surface area contributed by atoms with Crippen LogP contribution in [0, 0.1) is 19.7 Å². The maximum Gasteiger partial charge on any atom is 0.240 e. The van der Waals surface area contributed by atoms with E-state index in [2.05, 4.69) is 9.71 Å². The molecule has 0 amide bonds. The zero-order valence-electron chi connectivity index (χ0n) is 11.6. The van der Waals surface area contributed by atoms with Crippen LogP contribution in [0.15, 0.2) is 22.4 Å². The van der Waals surface area contributed by atoms with E-state index < -0.39 is 22.4 Å². The van der Waals surface area contributed by atoms with E-state index in [0.29, 0.717) is 5.69 Å². The zero-order valence-corrected chi connectivity index (χ0v) is 13.2. The van der Waals surface area contributed by atoms with Crippen molar-refractivity contribution in [3.8, 4) is 0 Å². The third-order valence-electron chi connectivity index (χ3n) is 2.89. The second-order valence-electron chi connectivity index (χ2n) is 4.55. The molecule has 0 spiro atoms. The predicted octanol–water partition coefficient (Wildman–Crippen LogP) is 1.87. The minimum Gasteiger partial charge on any atom is -0.392 e. The van der Waals surface area contributed by atoms with Gasteiger partial charge in [-0.25, -0.2) is 22.5 Å². The van der Waals surface area contributed by atoms with Crippen molar-refractivity contribution in [2.24, 2.45) is 0 Å². The number of hydrogen-bond donors (Lipinski definition) is 2. The van der Waals surface area contributed by atoms with Gasteiger partial charge in [-0.3, -0.25) is 0 Å². The molecule has 0 bridgehead atoms. The molecular formula is C13H15FN2O3S2. The van der Waals surface area contributed by atoms with Gasteiger partial charge in [-0.05, 0) is 31.5 Å². The number of nitrogens with one attached hydrogen (secondary N) is 1. The van der Waals surface area contributed by atoms with E-state index in [1.165, 1.54) is 24.3 Å². The van der Waals surface area contributed by atoms with Gasteiger partial charge in [0.15, 0.2) is 0 Å². The minimum atomic E-state index is -3.78. The smallest absolute Gasteiger partial charge is 0.240 e. The minimum absolute atomic E-state index is 0.0418. The highest BCUT2D eigenvalue weighted by atomic mass is 32.2. The molecular weight excluding hydrogens is 315 g/mol. The van der Waals surface area contributed by atoms with E-state index in [4.69, 9.17) is 5.11 Å². The Bertz CT molecular complexity index is 757. The summed E-state index contributed by atoms with van der Waals surface area (Å²) in [5, 5.41) is 11.7. The van der Waals surface area contributed by atoms with Crippen LogP contribution in [0.4, 0.5) is 4.39 Å². The normalized spacial score (nSPS) is 11.8. The number of hydrogen-bond acceptors (Lipinski definition) is 5.